The van der Waals surface area contributed by atoms with E-state index < -0.39 is 0 Å². The monoisotopic (exact) mass is 302 g/mol. The van der Waals surface area contributed by atoms with Crippen molar-refractivity contribution in [3.8, 4) is 5.75 Å². The van der Waals surface area contributed by atoms with Gasteiger partial charge in [-0.15, -0.1) is 11.3 Å². The molecule has 5 heteroatoms. The molecule has 3 N–H and O–H groups in total. The van der Waals surface area contributed by atoms with E-state index in [9.17, 15) is 4.79 Å². The maximum Gasteiger partial charge on any atom is 0.259 e. The molecule has 21 heavy (non-hydrogen) atoms. The maximum absolute atomic E-state index is 12.6. The van der Waals surface area contributed by atoms with Crippen LogP contribution >= 0.6 is 11.3 Å². The Balaban J connectivity index is 1.88. The molecule has 0 radical (unpaired) electrons. The van der Waals surface area contributed by atoms with Crippen molar-refractivity contribution in [3.63, 3.8) is 0 Å². The van der Waals surface area contributed by atoms with Gasteiger partial charge in [0.15, 0.2) is 0 Å². The Kier molecular flexibility index (Phi) is 3.84. The summed E-state index contributed by atoms with van der Waals surface area (Å²) in [5, 5.41) is 3.55. The highest BCUT2D eigenvalue weighted by Crippen LogP contribution is 2.38. The van der Waals surface area contributed by atoms with E-state index in [4.69, 9.17) is 10.5 Å². The van der Waals surface area contributed by atoms with E-state index in [-0.39, 0.29) is 5.91 Å². The summed E-state index contributed by atoms with van der Waals surface area (Å²) < 4.78 is 5.53. The van der Waals surface area contributed by atoms with Crippen LogP contribution in [-0.2, 0) is 12.8 Å². The van der Waals surface area contributed by atoms with Crippen molar-refractivity contribution in [1.29, 1.82) is 0 Å². The van der Waals surface area contributed by atoms with Crippen LogP contribution < -0.4 is 15.8 Å². The average Bonchev–Trinajstić information content (AvgIpc) is 3.00. The molecule has 1 aromatic heterocycles. The van der Waals surface area contributed by atoms with Gasteiger partial charge in [0.1, 0.15) is 5.75 Å². The zero-order chi connectivity index (χ0) is 14.8. The van der Waals surface area contributed by atoms with E-state index in [1.165, 1.54) is 4.88 Å². The summed E-state index contributed by atoms with van der Waals surface area (Å²) in [7, 11) is 0. The molecule has 0 unspecified atom stereocenters. The normalized spacial score (nSPS) is 13.0. The number of nitrogens with two attached hydrogens (primary N) is 1. The fourth-order valence-corrected chi connectivity index (χ4v) is 3.87. The number of amides is 1. The Morgan fingerprint density at radius 1 is 1.38 bits per heavy atom. The molecule has 0 saturated heterocycles. The van der Waals surface area contributed by atoms with Gasteiger partial charge in [-0.1, -0.05) is 12.1 Å². The number of hydrogen-bond donors (Lipinski definition) is 2. The van der Waals surface area contributed by atoms with Crippen LogP contribution in [-0.4, -0.2) is 12.5 Å². The smallest absolute Gasteiger partial charge is 0.259 e. The fraction of sp³-hybridized carbons (Fsp3) is 0.312. The largest absolute Gasteiger partial charge is 0.492 e. The second-order valence-electron chi connectivity index (χ2n) is 4.98. The van der Waals surface area contributed by atoms with E-state index >= 15 is 0 Å². The Labute approximate surface area is 127 Å². The summed E-state index contributed by atoms with van der Waals surface area (Å²) in [6, 6.07) is 7.45. The summed E-state index contributed by atoms with van der Waals surface area (Å²) >= 11 is 1.54. The number of para-hydroxylation sites is 2. The number of carbonyl (C=O) groups is 1. The van der Waals surface area contributed by atoms with Gasteiger partial charge in [-0.25, -0.2) is 0 Å². The number of benzene rings is 1. The number of nitrogens with one attached hydrogen (secondary N) is 1. The first-order valence-electron chi connectivity index (χ1n) is 7.14. The van der Waals surface area contributed by atoms with Crippen molar-refractivity contribution in [1.82, 2.24) is 0 Å². The van der Waals surface area contributed by atoms with Gasteiger partial charge in [0, 0.05) is 4.88 Å². The fourth-order valence-electron chi connectivity index (χ4n) is 2.71. The number of aryl methyl sites for hydroxylation is 1. The molecule has 2 aromatic rings. The van der Waals surface area contributed by atoms with Gasteiger partial charge in [0.25, 0.3) is 5.91 Å². The minimum Gasteiger partial charge on any atom is -0.492 e. The molecule has 1 amide bonds. The lowest BCUT2D eigenvalue weighted by Crippen LogP contribution is -2.15. The van der Waals surface area contributed by atoms with Gasteiger partial charge >= 0.3 is 0 Å². The molecule has 110 valence electrons. The van der Waals surface area contributed by atoms with Crippen molar-refractivity contribution in [3.05, 3.63) is 40.3 Å². The maximum atomic E-state index is 12.6. The molecule has 1 aliphatic carbocycles. The molecule has 4 nitrogen and oxygen atoms in total. The van der Waals surface area contributed by atoms with E-state index in [1.807, 2.05) is 31.2 Å². The van der Waals surface area contributed by atoms with E-state index in [1.54, 1.807) is 11.3 Å². The van der Waals surface area contributed by atoms with E-state index in [0.29, 0.717) is 28.6 Å². The van der Waals surface area contributed by atoms with Gasteiger partial charge in [0.2, 0.25) is 0 Å². The molecular formula is C16H18N2O2S. The number of hydrogen-bond acceptors (Lipinski definition) is 4. The second-order valence-corrected chi connectivity index (χ2v) is 6.12. The molecule has 0 fully saturated rings. The zero-order valence-electron chi connectivity index (χ0n) is 11.9. The van der Waals surface area contributed by atoms with E-state index in [0.717, 1.165) is 24.8 Å². The standard InChI is InChI=1S/C16H18N2O2S/c1-2-20-12-8-4-3-7-11(12)18-16(19)14-10-6-5-9-13(10)21-15(14)17/h3-4,7-8H,2,5-6,9,17H2,1H3,(H,18,19). The topological polar surface area (TPSA) is 64.3 Å². The number of ether oxygens (including phenoxy) is 1. The highest BCUT2D eigenvalue weighted by molar-refractivity contribution is 7.16. The predicted octanol–water partition coefficient (Wildman–Crippen LogP) is 3.47. The van der Waals surface area contributed by atoms with Gasteiger partial charge in [0.05, 0.1) is 22.9 Å². The van der Waals surface area contributed by atoms with Crippen LogP contribution in [0.1, 0.15) is 34.1 Å². The Bertz CT molecular complexity index is 679. The molecule has 0 bridgehead atoms. The first-order chi connectivity index (χ1) is 10.2. The summed E-state index contributed by atoms with van der Waals surface area (Å²) in [4.78, 5) is 13.8. The second kappa shape index (κ2) is 5.77. The third kappa shape index (κ3) is 2.61. The van der Waals surface area contributed by atoms with Crippen molar-refractivity contribution in [2.75, 3.05) is 17.7 Å². The molecule has 1 aromatic carbocycles. The Hall–Kier alpha value is -2.01. The van der Waals surface area contributed by atoms with Crippen LogP contribution in [0.5, 0.6) is 5.75 Å². The molecular weight excluding hydrogens is 284 g/mol. The number of thiophene rings is 1. The van der Waals surface area contributed by atoms with Crippen LogP contribution in [0.2, 0.25) is 0 Å². The number of nitrogen functional groups attached to an aromatic ring is 1. The lowest BCUT2D eigenvalue weighted by Gasteiger charge is -2.11. The van der Waals surface area contributed by atoms with Gasteiger partial charge in [-0.05, 0) is 43.9 Å². The number of anilines is 2. The average molecular weight is 302 g/mol. The lowest BCUT2D eigenvalue weighted by molar-refractivity contribution is 0.102. The highest BCUT2D eigenvalue weighted by atomic mass is 32.1. The van der Waals surface area contributed by atoms with Gasteiger partial charge < -0.3 is 15.8 Å². The van der Waals surface area contributed by atoms with Crippen LogP contribution in [0.3, 0.4) is 0 Å². The first kappa shape index (κ1) is 13.9. The number of carbonyl (C=O) groups excluding carboxylic acids is 1. The molecule has 0 aliphatic heterocycles. The van der Waals surface area contributed by atoms with Crippen LogP contribution in [0, 0.1) is 0 Å². The number of fused-ring (bicyclic) bond motifs is 1. The van der Waals surface area contributed by atoms with Gasteiger partial charge in [-0.2, -0.15) is 0 Å². The van der Waals surface area contributed by atoms with E-state index in [2.05, 4.69) is 5.32 Å². The third-order valence-corrected chi connectivity index (χ3v) is 4.73. The van der Waals surface area contributed by atoms with Crippen LogP contribution in [0.25, 0.3) is 0 Å². The minimum absolute atomic E-state index is 0.140. The summed E-state index contributed by atoms with van der Waals surface area (Å²) in [5.41, 5.74) is 8.49. The predicted molar refractivity (Wildman–Crippen MR) is 86.3 cm³/mol. The Morgan fingerprint density at radius 3 is 3.00 bits per heavy atom. The van der Waals surface area contributed by atoms with Crippen molar-refractivity contribution in [2.45, 2.75) is 26.2 Å². The molecule has 1 aliphatic rings. The molecule has 1 heterocycles. The summed E-state index contributed by atoms with van der Waals surface area (Å²) in [5.74, 6) is 0.540. The summed E-state index contributed by atoms with van der Waals surface area (Å²) in [6.07, 6.45) is 3.09. The first-order valence-corrected chi connectivity index (χ1v) is 7.95. The SMILES string of the molecule is CCOc1ccccc1NC(=O)c1c(N)sc2c1CCC2. The molecule has 0 atom stereocenters. The third-order valence-electron chi connectivity index (χ3n) is 3.61. The van der Waals surface area contributed by atoms with Crippen molar-refractivity contribution >= 4 is 27.9 Å². The Morgan fingerprint density at radius 2 is 2.19 bits per heavy atom. The van der Waals surface area contributed by atoms with Crippen molar-refractivity contribution < 1.29 is 9.53 Å². The molecule has 0 saturated carbocycles. The highest BCUT2D eigenvalue weighted by Gasteiger charge is 2.25. The van der Waals surface area contributed by atoms with Crippen LogP contribution in [0.4, 0.5) is 10.7 Å². The minimum atomic E-state index is -0.140. The van der Waals surface area contributed by atoms with Crippen LogP contribution in [0.15, 0.2) is 24.3 Å². The number of rotatable bonds is 4. The zero-order valence-corrected chi connectivity index (χ0v) is 12.8. The lowest BCUT2D eigenvalue weighted by atomic mass is 10.1. The molecule has 3 rings (SSSR count). The van der Waals surface area contributed by atoms with Crippen molar-refractivity contribution in [2.24, 2.45) is 0 Å². The summed E-state index contributed by atoms with van der Waals surface area (Å²) in [6.45, 7) is 2.48. The quantitative estimate of drug-likeness (QED) is 0.909. The van der Waals surface area contributed by atoms with Gasteiger partial charge in [-0.3, -0.25) is 4.79 Å². The molecule has 0 spiro atoms.